The zero-order chi connectivity index (χ0) is 17.5. The van der Waals surface area contributed by atoms with Gasteiger partial charge in [-0.3, -0.25) is 0 Å². The molecule has 3 aromatic rings. The minimum atomic E-state index is 0.0550. The first kappa shape index (κ1) is 16.9. The Morgan fingerprint density at radius 3 is 2.40 bits per heavy atom. The van der Waals surface area contributed by atoms with E-state index in [-0.39, 0.29) is 6.10 Å². The molecule has 1 heterocycles. The van der Waals surface area contributed by atoms with Crippen molar-refractivity contribution in [2.75, 3.05) is 12.8 Å². The summed E-state index contributed by atoms with van der Waals surface area (Å²) in [6.45, 7) is 0.857. The molecule has 0 amide bonds. The number of nitrogen functional groups attached to an aromatic ring is 1. The van der Waals surface area contributed by atoms with E-state index in [2.05, 4.69) is 21.7 Å². The van der Waals surface area contributed by atoms with Gasteiger partial charge >= 0.3 is 0 Å². The fourth-order valence-electron chi connectivity index (χ4n) is 2.68. The van der Waals surface area contributed by atoms with E-state index in [1.54, 1.807) is 13.3 Å². The van der Waals surface area contributed by atoms with Gasteiger partial charge in [-0.25, -0.2) is 4.98 Å². The first-order valence-electron chi connectivity index (χ1n) is 8.34. The highest BCUT2D eigenvalue weighted by Crippen LogP contribution is 2.20. The van der Waals surface area contributed by atoms with Crippen molar-refractivity contribution in [1.82, 2.24) is 9.55 Å². The highest BCUT2D eigenvalue weighted by atomic mass is 16.5. The van der Waals surface area contributed by atoms with Gasteiger partial charge in [0.05, 0.1) is 13.4 Å². The average molecular weight is 337 g/mol. The van der Waals surface area contributed by atoms with Crippen molar-refractivity contribution in [2.24, 2.45) is 0 Å². The zero-order valence-electron chi connectivity index (χ0n) is 14.3. The third-order valence-electron chi connectivity index (χ3n) is 4.07. The SMILES string of the molecule is COc1ccc(CC(CCn2ccnc2)Oc2ccc(N)cc2)cc1. The second-order valence-electron chi connectivity index (χ2n) is 5.95. The minimum Gasteiger partial charge on any atom is -0.497 e. The Hall–Kier alpha value is -2.95. The van der Waals surface area contributed by atoms with Crippen molar-refractivity contribution in [1.29, 1.82) is 0 Å². The van der Waals surface area contributed by atoms with Crippen LogP contribution in [0, 0.1) is 0 Å². The summed E-state index contributed by atoms with van der Waals surface area (Å²) in [7, 11) is 1.67. The summed E-state index contributed by atoms with van der Waals surface area (Å²) < 4.78 is 13.5. The molecule has 2 aromatic carbocycles. The number of anilines is 1. The fraction of sp³-hybridized carbons (Fsp3) is 0.250. The summed E-state index contributed by atoms with van der Waals surface area (Å²) in [4.78, 5) is 4.09. The molecule has 0 radical (unpaired) electrons. The normalized spacial score (nSPS) is 11.9. The summed E-state index contributed by atoms with van der Waals surface area (Å²) in [6.07, 6.45) is 7.34. The molecule has 130 valence electrons. The molecule has 5 nitrogen and oxygen atoms in total. The molecule has 0 bridgehead atoms. The van der Waals surface area contributed by atoms with E-state index in [1.807, 2.05) is 48.9 Å². The van der Waals surface area contributed by atoms with E-state index < -0.39 is 0 Å². The number of hydrogen-bond acceptors (Lipinski definition) is 4. The Morgan fingerprint density at radius 1 is 1.04 bits per heavy atom. The molecule has 1 aromatic heterocycles. The topological polar surface area (TPSA) is 62.3 Å². The molecule has 5 heteroatoms. The van der Waals surface area contributed by atoms with Crippen LogP contribution in [0.25, 0.3) is 0 Å². The van der Waals surface area contributed by atoms with Gasteiger partial charge in [-0.1, -0.05) is 12.1 Å². The number of ether oxygens (including phenoxy) is 2. The second kappa shape index (κ2) is 8.24. The lowest BCUT2D eigenvalue weighted by molar-refractivity contribution is 0.184. The van der Waals surface area contributed by atoms with Gasteiger partial charge in [-0.05, 0) is 42.0 Å². The molecule has 0 spiro atoms. The van der Waals surface area contributed by atoms with E-state index in [4.69, 9.17) is 15.2 Å². The Kier molecular flexibility index (Phi) is 5.57. The van der Waals surface area contributed by atoms with Crippen molar-refractivity contribution in [3.05, 3.63) is 72.8 Å². The van der Waals surface area contributed by atoms with Gasteiger partial charge in [-0.15, -0.1) is 0 Å². The Labute approximate surface area is 148 Å². The van der Waals surface area contributed by atoms with E-state index in [0.29, 0.717) is 0 Å². The van der Waals surface area contributed by atoms with Crippen molar-refractivity contribution >= 4 is 5.69 Å². The third kappa shape index (κ3) is 5.01. The highest BCUT2D eigenvalue weighted by molar-refractivity contribution is 5.41. The standard InChI is InChI=1S/C20H23N3O2/c1-24-18-6-2-16(3-7-18)14-20(10-12-23-13-11-22-15-23)25-19-8-4-17(21)5-9-19/h2-9,11,13,15,20H,10,12,14,21H2,1H3. The molecule has 1 unspecified atom stereocenters. The largest absolute Gasteiger partial charge is 0.497 e. The van der Waals surface area contributed by atoms with Gasteiger partial charge in [0.25, 0.3) is 0 Å². The molecule has 0 aliphatic heterocycles. The minimum absolute atomic E-state index is 0.0550. The van der Waals surface area contributed by atoms with Gasteiger partial charge in [0.15, 0.2) is 0 Å². The summed E-state index contributed by atoms with van der Waals surface area (Å²) in [6, 6.07) is 15.6. The lowest BCUT2D eigenvalue weighted by Gasteiger charge is -2.20. The van der Waals surface area contributed by atoms with Crippen LogP contribution in [0.4, 0.5) is 5.69 Å². The maximum atomic E-state index is 6.21. The van der Waals surface area contributed by atoms with Crippen LogP contribution < -0.4 is 15.2 Å². The first-order valence-corrected chi connectivity index (χ1v) is 8.34. The predicted octanol–water partition coefficient (Wildman–Crippen LogP) is 3.55. The van der Waals surface area contributed by atoms with Gasteiger partial charge in [0.2, 0.25) is 0 Å². The Balaban J connectivity index is 1.68. The van der Waals surface area contributed by atoms with Crippen molar-refractivity contribution in [2.45, 2.75) is 25.5 Å². The number of methoxy groups -OCH3 is 1. The van der Waals surface area contributed by atoms with Crippen LogP contribution in [0.2, 0.25) is 0 Å². The second-order valence-corrected chi connectivity index (χ2v) is 5.95. The molecule has 3 rings (SSSR count). The smallest absolute Gasteiger partial charge is 0.119 e. The molecular weight excluding hydrogens is 314 g/mol. The molecule has 0 fully saturated rings. The summed E-state index contributed by atoms with van der Waals surface area (Å²) in [5.41, 5.74) is 7.70. The number of nitrogens with zero attached hydrogens (tertiary/aromatic N) is 2. The summed E-state index contributed by atoms with van der Waals surface area (Å²) >= 11 is 0. The van der Waals surface area contributed by atoms with E-state index >= 15 is 0 Å². The zero-order valence-corrected chi connectivity index (χ0v) is 14.3. The maximum absolute atomic E-state index is 6.21. The van der Waals surface area contributed by atoms with Crippen molar-refractivity contribution < 1.29 is 9.47 Å². The maximum Gasteiger partial charge on any atom is 0.119 e. The monoisotopic (exact) mass is 337 g/mol. The van der Waals surface area contributed by atoms with Gasteiger partial charge in [-0.2, -0.15) is 0 Å². The summed E-state index contributed by atoms with van der Waals surface area (Å²) in [5, 5.41) is 0. The van der Waals surface area contributed by atoms with Crippen LogP contribution in [0.1, 0.15) is 12.0 Å². The van der Waals surface area contributed by atoms with E-state index in [9.17, 15) is 0 Å². The van der Waals surface area contributed by atoms with Crippen LogP contribution in [0.5, 0.6) is 11.5 Å². The molecule has 25 heavy (non-hydrogen) atoms. The highest BCUT2D eigenvalue weighted by Gasteiger charge is 2.12. The van der Waals surface area contributed by atoms with Crippen LogP contribution in [-0.4, -0.2) is 22.8 Å². The van der Waals surface area contributed by atoms with Gasteiger partial charge in [0, 0.05) is 37.5 Å². The summed E-state index contributed by atoms with van der Waals surface area (Å²) in [5.74, 6) is 1.69. The number of imidazole rings is 1. The number of aryl methyl sites for hydroxylation is 1. The number of nitrogens with two attached hydrogens (primary N) is 1. The number of aromatic nitrogens is 2. The van der Waals surface area contributed by atoms with Gasteiger partial charge in [0.1, 0.15) is 17.6 Å². The average Bonchev–Trinajstić information content (AvgIpc) is 3.16. The number of rotatable bonds is 8. The number of benzene rings is 2. The van der Waals surface area contributed by atoms with Gasteiger partial charge < -0.3 is 19.8 Å². The van der Waals surface area contributed by atoms with Crippen LogP contribution in [0.3, 0.4) is 0 Å². The van der Waals surface area contributed by atoms with Crippen molar-refractivity contribution in [3.63, 3.8) is 0 Å². The lowest BCUT2D eigenvalue weighted by atomic mass is 10.1. The van der Waals surface area contributed by atoms with Crippen LogP contribution in [0.15, 0.2) is 67.3 Å². The molecule has 0 aliphatic rings. The van der Waals surface area contributed by atoms with Crippen molar-refractivity contribution in [3.8, 4) is 11.5 Å². The van der Waals surface area contributed by atoms with Crippen LogP contribution in [-0.2, 0) is 13.0 Å². The molecule has 2 N–H and O–H groups in total. The fourth-order valence-corrected chi connectivity index (χ4v) is 2.68. The quantitative estimate of drug-likeness (QED) is 0.639. The Bertz CT molecular complexity index is 753. The van der Waals surface area contributed by atoms with E-state index in [0.717, 1.165) is 36.6 Å². The molecule has 0 saturated carbocycles. The number of hydrogen-bond donors (Lipinski definition) is 1. The predicted molar refractivity (Wildman–Crippen MR) is 98.8 cm³/mol. The third-order valence-corrected chi connectivity index (χ3v) is 4.07. The first-order chi connectivity index (χ1) is 12.2. The molecule has 0 aliphatic carbocycles. The molecule has 1 atom stereocenters. The molecule has 0 saturated heterocycles. The molecular formula is C20H23N3O2. The Morgan fingerprint density at radius 2 is 1.76 bits per heavy atom. The lowest BCUT2D eigenvalue weighted by Crippen LogP contribution is -2.21. The van der Waals surface area contributed by atoms with Crippen LogP contribution >= 0.6 is 0 Å². The van der Waals surface area contributed by atoms with E-state index in [1.165, 1.54) is 5.56 Å².